The van der Waals surface area contributed by atoms with E-state index in [-0.39, 0.29) is 17.2 Å². The maximum atomic E-state index is 10.2. The van der Waals surface area contributed by atoms with Gasteiger partial charge in [0.25, 0.3) is 0 Å². The average molecular weight is 202 g/mol. The Labute approximate surface area is 83.9 Å². The van der Waals surface area contributed by atoms with Crippen LogP contribution in [0, 0.1) is 4.91 Å². The first kappa shape index (κ1) is 11.4. The highest BCUT2D eigenvalue weighted by atomic mass is 16.9. The molecule has 1 heterocycles. The lowest BCUT2D eigenvalue weighted by atomic mass is 9.80. The summed E-state index contributed by atoms with van der Waals surface area (Å²) in [7, 11) is 0. The molecule has 5 heteroatoms. The molecule has 0 aromatic rings. The molecule has 0 spiro atoms. The van der Waals surface area contributed by atoms with Gasteiger partial charge in [0.1, 0.15) is 0 Å². The Balaban J connectivity index is 2.90. The molecule has 1 saturated heterocycles. The van der Waals surface area contributed by atoms with Gasteiger partial charge in [0.2, 0.25) is 0 Å². The van der Waals surface area contributed by atoms with E-state index >= 15 is 0 Å². The lowest BCUT2D eigenvalue weighted by Crippen LogP contribution is -2.60. The van der Waals surface area contributed by atoms with E-state index in [0.717, 1.165) is 0 Å². The summed E-state index contributed by atoms with van der Waals surface area (Å²) < 4.78 is 0. The lowest BCUT2D eigenvalue weighted by molar-refractivity contribution is -0.294. The summed E-state index contributed by atoms with van der Waals surface area (Å²) in [6.07, 6.45) is 0.796. The zero-order chi connectivity index (χ0) is 11.0. The summed E-state index contributed by atoms with van der Waals surface area (Å²) in [6, 6.07) is 0. The maximum absolute atomic E-state index is 10.2. The van der Waals surface area contributed by atoms with Crippen molar-refractivity contribution in [2.24, 2.45) is 5.34 Å². The van der Waals surface area contributed by atoms with Crippen LogP contribution in [0.15, 0.2) is 5.34 Å². The number of hydroxylamine groups is 2. The average Bonchev–Trinajstić information content (AvgIpc) is 1.94. The Morgan fingerprint density at radius 2 is 1.71 bits per heavy atom. The molecule has 0 amide bonds. The Bertz CT molecular complexity index is 210. The normalized spacial score (nSPS) is 27.2. The summed E-state index contributed by atoms with van der Waals surface area (Å²) in [4.78, 5) is 14.9. The predicted octanol–water partition coefficient (Wildman–Crippen LogP) is 1.61. The Morgan fingerprint density at radius 3 is 2.07 bits per heavy atom. The quantitative estimate of drug-likeness (QED) is 0.546. The minimum atomic E-state index is -0.380. The van der Waals surface area contributed by atoms with Crippen LogP contribution in [0.1, 0.15) is 40.5 Å². The molecule has 1 aliphatic heterocycles. The fraction of sp³-hybridized carbons (Fsp3) is 1.00. The molecule has 0 atom stereocenters. The van der Waals surface area contributed by atoms with Crippen LogP contribution >= 0.6 is 0 Å². The summed E-state index contributed by atoms with van der Waals surface area (Å²) in [5, 5.41) is 13.7. The van der Waals surface area contributed by atoms with Crippen LogP contribution in [0.25, 0.3) is 0 Å². The SMILES string of the molecule is CC1(C)CC(O)CC(C)(C)N1ON=O. The van der Waals surface area contributed by atoms with Crippen LogP contribution in [0.3, 0.4) is 0 Å². The highest BCUT2D eigenvalue weighted by Crippen LogP contribution is 2.38. The van der Waals surface area contributed by atoms with Crippen LogP contribution in [-0.2, 0) is 4.94 Å². The first-order chi connectivity index (χ1) is 6.29. The summed E-state index contributed by atoms with van der Waals surface area (Å²) >= 11 is 0. The molecule has 1 rings (SSSR count). The number of nitrogens with zero attached hydrogens (tertiary/aromatic N) is 2. The van der Waals surface area contributed by atoms with E-state index in [1.165, 1.54) is 0 Å². The first-order valence-electron chi connectivity index (χ1n) is 4.78. The minimum Gasteiger partial charge on any atom is -0.393 e. The number of hydrogen-bond acceptors (Lipinski definition) is 5. The molecule has 0 aliphatic carbocycles. The van der Waals surface area contributed by atoms with E-state index in [0.29, 0.717) is 12.8 Å². The van der Waals surface area contributed by atoms with E-state index in [9.17, 15) is 10.0 Å². The van der Waals surface area contributed by atoms with Crippen molar-refractivity contribution in [3.63, 3.8) is 0 Å². The monoisotopic (exact) mass is 202 g/mol. The number of aliphatic hydroxyl groups is 1. The number of piperidine rings is 1. The van der Waals surface area contributed by atoms with Crippen molar-refractivity contribution in [1.29, 1.82) is 0 Å². The van der Waals surface area contributed by atoms with Crippen molar-refractivity contribution >= 4 is 0 Å². The number of aliphatic hydroxyl groups excluding tert-OH is 1. The summed E-state index contributed by atoms with van der Waals surface area (Å²) in [5.41, 5.74) is -0.760. The van der Waals surface area contributed by atoms with Gasteiger partial charge in [0.15, 0.2) is 5.34 Å². The molecule has 1 N–H and O–H groups in total. The van der Waals surface area contributed by atoms with Gasteiger partial charge >= 0.3 is 0 Å². The topological polar surface area (TPSA) is 62.1 Å². The van der Waals surface area contributed by atoms with Gasteiger partial charge < -0.3 is 5.11 Å². The zero-order valence-corrected chi connectivity index (χ0v) is 9.15. The third-order valence-electron chi connectivity index (χ3n) is 2.68. The minimum absolute atomic E-state index is 0.355. The predicted molar refractivity (Wildman–Crippen MR) is 52.1 cm³/mol. The van der Waals surface area contributed by atoms with Crippen LogP contribution in [0.4, 0.5) is 0 Å². The highest BCUT2D eigenvalue weighted by molar-refractivity contribution is 4.96. The fourth-order valence-corrected chi connectivity index (χ4v) is 2.46. The first-order valence-corrected chi connectivity index (χ1v) is 4.78. The van der Waals surface area contributed by atoms with Crippen LogP contribution in [0.2, 0.25) is 0 Å². The van der Waals surface area contributed by atoms with E-state index in [1.807, 2.05) is 27.7 Å². The van der Waals surface area contributed by atoms with Crippen molar-refractivity contribution in [3.8, 4) is 0 Å². The molecule has 0 aromatic heterocycles. The van der Waals surface area contributed by atoms with Crippen molar-refractivity contribution in [2.45, 2.75) is 57.7 Å². The van der Waals surface area contributed by atoms with Crippen LogP contribution in [-0.4, -0.2) is 27.4 Å². The molecule has 0 unspecified atom stereocenters. The second kappa shape index (κ2) is 3.47. The third kappa shape index (κ3) is 2.04. The van der Waals surface area contributed by atoms with Gasteiger partial charge in [-0.1, -0.05) is 0 Å². The molecule has 1 fully saturated rings. The van der Waals surface area contributed by atoms with Crippen LogP contribution < -0.4 is 0 Å². The van der Waals surface area contributed by atoms with Crippen molar-refractivity contribution in [2.75, 3.05) is 0 Å². The molecule has 5 nitrogen and oxygen atoms in total. The summed E-state index contributed by atoms with van der Waals surface area (Å²) in [6.45, 7) is 7.68. The highest BCUT2D eigenvalue weighted by Gasteiger charge is 2.47. The van der Waals surface area contributed by atoms with Crippen LogP contribution in [0.5, 0.6) is 0 Å². The fourth-order valence-electron chi connectivity index (χ4n) is 2.46. The Morgan fingerprint density at radius 1 is 1.29 bits per heavy atom. The van der Waals surface area contributed by atoms with Gasteiger partial charge in [-0.25, -0.2) is 0 Å². The molecule has 0 aromatic carbocycles. The second-order valence-corrected chi connectivity index (χ2v) is 5.14. The van der Waals surface area contributed by atoms with Gasteiger partial charge in [-0.3, -0.25) is 4.94 Å². The second-order valence-electron chi connectivity index (χ2n) is 5.14. The molecule has 0 saturated carbocycles. The molecule has 0 radical (unpaired) electrons. The number of rotatable bonds is 2. The third-order valence-corrected chi connectivity index (χ3v) is 2.68. The maximum Gasteiger partial charge on any atom is 0.176 e. The molecule has 82 valence electrons. The molecule has 1 aliphatic rings. The molecule has 14 heavy (non-hydrogen) atoms. The van der Waals surface area contributed by atoms with Gasteiger partial charge in [-0.2, -0.15) is 0 Å². The van der Waals surface area contributed by atoms with Gasteiger partial charge in [0.05, 0.1) is 17.2 Å². The Kier molecular flexibility index (Phi) is 2.83. The van der Waals surface area contributed by atoms with Crippen molar-refractivity contribution in [3.05, 3.63) is 4.91 Å². The van der Waals surface area contributed by atoms with Crippen molar-refractivity contribution in [1.82, 2.24) is 5.06 Å². The Hall–Kier alpha value is -0.680. The van der Waals surface area contributed by atoms with E-state index in [2.05, 4.69) is 5.34 Å². The van der Waals surface area contributed by atoms with E-state index < -0.39 is 0 Å². The zero-order valence-electron chi connectivity index (χ0n) is 9.15. The molecular weight excluding hydrogens is 184 g/mol. The smallest absolute Gasteiger partial charge is 0.176 e. The largest absolute Gasteiger partial charge is 0.393 e. The summed E-state index contributed by atoms with van der Waals surface area (Å²) in [5.74, 6) is 0. The lowest BCUT2D eigenvalue weighted by Gasteiger charge is -2.49. The van der Waals surface area contributed by atoms with Crippen molar-refractivity contribution < 1.29 is 10.0 Å². The van der Waals surface area contributed by atoms with Gasteiger partial charge in [-0.05, 0) is 40.5 Å². The number of hydrogen-bond donors (Lipinski definition) is 1. The molecule has 0 bridgehead atoms. The standard InChI is InChI=1S/C9H18N2O3/c1-8(2)5-7(12)6-9(3,4)11(8)14-10-13/h7,12H,5-6H2,1-4H3. The van der Waals surface area contributed by atoms with E-state index in [1.54, 1.807) is 5.06 Å². The molecular formula is C9H18N2O3. The van der Waals surface area contributed by atoms with Gasteiger partial charge in [0, 0.05) is 0 Å². The van der Waals surface area contributed by atoms with E-state index in [4.69, 9.17) is 4.94 Å². The van der Waals surface area contributed by atoms with Gasteiger partial charge in [-0.15, -0.1) is 9.97 Å².